The van der Waals surface area contributed by atoms with Gasteiger partial charge in [-0.15, -0.1) is 0 Å². The summed E-state index contributed by atoms with van der Waals surface area (Å²) in [5.41, 5.74) is 5.26. The van der Waals surface area contributed by atoms with Crippen molar-refractivity contribution in [2.45, 2.75) is 13.3 Å². The van der Waals surface area contributed by atoms with Gasteiger partial charge in [0.25, 0.3) is 0 Å². The molecule has 0 aliphatic rings. The molecule has 0 amide bonds. The molecule has 0 spiro atoms. The minimum absolute atomic E-state index is 0.0348. The molecule has 2 rings (SSSR count). The molecule has 9 nitrogen and oxygen atoms in total. The average molecular weight is 265 g/mol. The zero-order valence-electron chi connectivity index (χ0n) is 10.3. The van der Waals surface area contributed by atoms with E-state index in [1.807, 2.05) is 0 Å². The van der Waals surface area contributed by atoms with Crippen LogP contribution in [0.5, 0.6) is 0 Å². The van der Waals surface area contributed by atoms with Crippen molar-refractivity contribution in [1.29, 1.82) is 0 Å². The van der Waals surface area contributed by atoms with Gasteiger partial charge in [-0.05, 0) is 4.98 Å². The van der Waals surface area contributed by atoms with E-state index in [-0.39, 0.29) is 34.8 Å². The predicted molar refractivity (Wildman–Crippen MR) is 62.3 cm³/mol. The van der Waals surface area contributed by atoms with Gasteiger partial charge < -0.3 is 20.9 Å². The lowest BCUT2D eigenvalue weighted by Gasteiger charge is -2.13. The fourth-order valence-electron chi connectivity index (χ4n) is 1.69. The second-order valence-electron chi connectivity index (χ2n) is 3.80. The molecule has 0 aromatic carbocycles. The summed E-state index contributed by atoms with van der Waals surface area (Å²) in [7, 11) is 1.19. The first-order chi connectivity index (χ1) is 8.97. The molecular weight excluding hydrogens is 254 g/mol. The molecule has 0 unspecified atom stereocenters. The third-order valence-corrected chi connectivity index (χ3v) is 2.73. The summed E-state index contributed by atoms with van der Waals surface area (Å²) in [5.74, 6) is -0.730. The van der Waals surface area contributed by atoms with E-state index in [4.69, 9.17) is 5.73 Å². The van der Waals surface area contributed by atoms with Gasteiger partial charge in [0.2, 0.25) is 17.8 Å². The van der Waals surface area contributed by atoms with E-state index in [1.165, 1.54) is 14.0 Å². The number of nitrogen functional groups attached to an aromatic ring is 1. The highest BCUT2D eigenvalue weighted by atomic mass is 16.5. The van der Waals surface area contributed by atoms with Crippen LogP contribution in [0.15, 0.2) is 6.33 Å². The molecule has 0 aliphatic carbocycles. The fourth-order valence-corrected chi connectivity index (χ4v) is 1.69. The van der Waals surface area contributed by atoms with Crippen molar-refractivity contribution < 1.29 is 19.0 Å². The highest BCUT2D eigenvalue weighted by Crippen LogP contribution is 2.11. The van der Waals surface area contributed by atoms with Crippen LogP contribution in [0.1, 0.15) is 11.4 Å². The Labute approximate surface area is 107 Å². The van der Waals surface area contributed by atoms with E-state index in [1.54, 1.807) is 0 Å². The topological polar surface area (TPSA) is 132 Å². The van der Waals surface area contributed by atoms with Crippen molar-refractivity contribution in [3.05, 3.63) is 28.1 Å². The van der Waals surface area contributed by atoms with E-state index >= 15 is 0 Å². The number of aromatic nitrogens is 4. The predicted octanol–water partition coefficient (Wildman–Crippen LogP) is -1.50. The molecule has 0 fully saturated rings. The van der Waals surface area contributed by atoms with Crippen molar-refractivity contribution in [2.75, 3.05) is 12.8 Å². The summed E-state index contributed by atoms with van der Waals surface area (Å²) >= 11 is 0. The molecule has 0 saturated heterocycles. The van der Waals surface area contributed by atoms with Crippen LogP contribution in [0.25, 0.3) is 11.2 Å². The van der Waals surface area contributed by atoms with Gasteiger partial charge in [0.15, 0.2) is 5.69 Å². The summed E-state index contributed by atoms with van der Waals surface area (Å²) in [6.07, 6.45) is 0.747. The van der Waals surface area contributed by atoms with Crippen LogP contribution in [0.4, 0.5) is 5.82 Å². The molecule has 0 radical (unpaired) electrons. The zero-order chi connectivity index (χ0) is 14.2. The first-order valence-corrected chi connectivity index (χ1v) is 5.29. The Morgan fingerprint density at radius 3 is 2.74 bits per heavy atom. The first-order valence-electron chi connectivity index (χ1n) is 5.29. The molecular formula is C10H11N5O4. The van der Waals surface area contributed by atoms with Crippen molar-refractivity contribution in [2.24, 2.45) is 0 Å². The monoisotopic (exact) mass is 265 g/mol. The Hall–Kier alpha value is -2.71. The van der Waals surface area contributed by atoms with E-state index in [2.05, 4.69) is 14.7 Å². The van der Waals surface area contributed by atoms with Crippen LogP contribution in [0, 0.1) is 17.3 Å². The van der Waals surface area contributed by atoms with Gasteiger partial charge in [0, 0.05) is 6.92 Å². The maximum Gasteiger partial charge on any atom is 0.406 e. The van der Waals surface area contributed by atoms with Gasteiger partial charge in [-0.3, -0.25) is 4.79 Å². The van der Waals surface area contributed by atoms with Crippen molar-refractivity contribution in [1.82, 2.24) is 9.97 Å². The fraction of sp³-hybridized carbons (Fsp3) is 0.300. The lowest BCUT2D eigenvalue weighted by Crippen LogP contribution is -2.46. The number of carbonyl (C=O) groups excluding carboxylic acids is 1. The smallest absolute Gasteiger partial charge is 0.406 e. The van der Waals surface area contributed by atoms with Gasteiger partial charge in [-0.2, -0.15) is 9.71 Å². The van der Waals surface area contributed by atoms with Crippen molar-refractivity contribution in [3.8, 4) is 0 Å². The minimum atomic E-state index is -0.630. The van der Waals surface area contributed by atoms with E-state index in [0.29, 0.717) is 9.46 Å². The highest BCUT2D eigenvalue weighted by Gasteiger charge is 2.28. The molecule has 19 heavy (non-hydrogen) atoms. The number of nitrogens with zero attached hydrogens (tertiary/aromatic N) is 4. The molecule has 2 aromatic rings. The molecule has 2 N–H and O–H groups in total. The number of hydrogen-bond acceptors (Lipinski definition) is 7. The van der Waals surface area contributed by atoms with Crippen LogP contribution < -0.4 is 15.2 Å². The molecule has 100 valence electrons. The lowest BCUT2D eigenvalue weighted by atomic mass is 10.2. The van der Waals surface area contributed by atoms with Crippen LogP contribution in [0.3, 0.4) is 0 Å². The highest BCUT2D eigenvalue weighted by molar-refractivity contribution is 5.76. The molecule has 9 heteroatoms. The van der Waals surface area contributed by atoms with Crippen LogP contribution >= 0.6 is 0 Å². The second-order valence-corrected chi connectivity index (χ2v) is 3.80. The number of rotatable bonds is 2. The number of anilines is 1. The standard InChI is InChI=1S/C10H11N5O4/c1-5-6(3-7(16)19-2)15(18)10-8(14(5)17)9(11)12-4-13-10/h4H,3H2,1-2H3,(H2,11,12,13). The molecule has 0 saturated carbocycles. The molecule has 2 aromatic heterocycles. The normalized spacial score (nSPS) is 10.6. The van der Waals surface area contributed by atoms with Crippen LogP contribution in [-0.2, 0) is 16.0 Å². The van der Waals surface area contributed by atoms with Crippen LogP contribution in [-0.4, -0.2) is 23.0 Å². The number of methoxy groups -OCH3 is 1. The second kappa shape index (κ2) is 4.52. The molecule has 0 bridgehead atoms. The lowest BCUT2D eigenvalue weighted by molar-refractivity contribution is -0.640. The maximum atomic E-state index is 12.1. The van der Waals surface area contributed by atoms with E-state index < -0.39 is 5.97 Å². The Morgan fingerprint density at radius 1 is 1.42 bits per heavy atom. The first kappa shape index (κ1) is 12.7. The SMILES string of the molecule is COC(=O)Cc1c(C)[n+]([O-])c2c(N)ncnc2[n+]1[O-]. The summed E-state index contributed by atoms with van der Waals surface area (Å²) in [4.78, 5) is 18.6. The number of fused-ring (bicyclic) bond motifs is 1. The maximum absolute atomic E-state index is 12.1. The summed E-state index contributed by atoms with van der Waals surface area (Å²) in [6.45, 7) is 1.41. The third-order valence-electron chi connectivity index (χ3n) is 2.73. The minimum Gasteiger partial charge on any atom is -0.710 e. The van der Waals surface area contributed by atoms with Gasteiger partial charge in [0.1, 0.15) is 6.42 Å². The van der Waals surface area contributed by atoms with Gasteiger partial charge in [-0.1, -0.05) is 0 Å². The Bertz CT molecular complexity index is 673. The van der Waals surface area contributed by atoms with Crippen molar-refractivity contribution >= 4 is 23.0 Å². The number of carbonyl (C=O) groups is 1. The average Bonchev–Trinajstić information content (AvgIpc) is 2.40. The van der Waals surface area contributed by atoms with Crippen molar-refractivity contribution in [3.63, 3.8) is 0 Å². The summed E-state index contributed by atoms with van der Waals surface area (Å²) in [5, 5.41) is 24.2. The number of ether oxygens (including phenoxy) is 1. The quantitative estimate of drug-likeness (QED) is 0.397. The molecule has 0 aliphatic heterocycles. The van der Waals surface area contributed by atoms with Gasteiger partial charge >= 0.3 is 17.1 Å². The molecule has 0 atom stereocenters. The summed E-state index contributed by atoms with van der Waals surface area (Å²) in [6, 6.07) is 0. The Kier molecular flexibility index (Phi) is 3.03. The Morgan fingerprint density at radius 2 is 2.11 bits per heavy atom. The third kappa shape index (κ3) is 1.94. The number of esters is 1. The largest absolute Gasteiger partial charge is 0.710 e. The zero-order valence-corrected chi connectivity index (χ0v) is 10.3. The van der Waals surface area contributed by atoms with Gasteiger partial charge in [0.05, 0.1) is 7.11 Å². The number of hydrogen-bond donors (Lipinski definition) is 1. The van der Waals surface area contributed by atoms with E-state index in [0.717, 1.165) is 6.33 Å². The van der Waals surface area contributed by atoms with E-state index in [9.17, 15) is 15.2 Å². The number of nitrogens with two attached hydrogens (primary N) is 1. The summed E-state index contributed by atoms with van der Waals surface area (Å²) < 4.78 is 5.32. The Balaban J connectivity index is 2.77. The van der Waals surface area contributed by atoms with Crippen LogP contribution in [0.2, 0.25) is 0 Å². The molecule has 2 heterocycles. The van der Waals surface area contributed by atoms with Gasteiger partial charge in [-0.25, -0.2) is 4.73 Å².